The van der Waals surface area contributed by atoms with Gasteiger partial charge in [0, 0.05) is 17.5 Å². The van der Waals surface area contributed by atoms with Crippen LogP contribution >= 0.6 is 11.6 Å². The van der Waals surface area contributed by atoms with Crippen LogP contribution in [0.2, 0.25) is 5.02 Å². The van der Waals surface area contributed by atoms with E-state index >= 15 is 0 Å². The maximum atomic E-state index is 12.6. The lowest BCUT2D eigenvalue weighted by Crippen LogP contribution is -2.15. The summed E-state index contributed by atoms with van der Waals surface area (Å²) < 4.78 is 40.1. The molecule has 0 amide bonds. The van der Waals surface area contributed by atoms with Crippen LogP contribution < -0.4 is 15.1 Å². The van der Waals surface area contributed by atoms with Crippen molar-refractivity contribution in [3.05, 3.63) is 68.5 Å². The molecule has 0 bridgehead atoms. The molecule has 0 spiro atoms. The number of aryl methyl sites for hydroxylation is 2. The predicted octanol–water partition coefficient (Wildman–Crippen LogP) is 4.93. The predicted molar refractivity (Wildman–Crippen MR) is 99.9 cm³/mol. The summed E-state index contributed by atoms with van der Waals surface area (Å²) in [6, 6.07) is 8.60. The van der Waals surface area contributed by atoms with Crippen molar-refractivity contribution < 1.29 is 27.5 Å². The van der Waals surface area contributed by atoms with Crippen LogP contribution in [-0.4, -0.2) is 19.0 Å². The van der Waals surface area contributed by atoms with Crippen molar-refractivity contribution >= 4 is 28.4 Å². The quantitative estimate of drug-likeness (QED) is 0.427. The molecule has 0 saturated carbocycles. The largest absolute Gasteiger partial charge is 0.484 e. The van der Waals surface area contributed by atoms with Crippen LogP contribution in [0.1, 0.15) is 21.5 Å². The summed E-state index contributed by atoms with van der Waals surface area (Å²) in [5.74, 6) is -0.679. The van der Waals surface area contributed by atoms with E-state index in [-0.39, 0.29) is 27.7 Å². The minimum absolute atomic E-state index is 0.0282. The van der Waals surface area contributed by atoms with E-state index in [1.165, 1.54) is 24.3 Å². The van der Waals surface area contributed by atoms with Crippen LogP contribution in [-0.2, 0) is 0 Å². The second kappa shape index (κ2) is 7.98. The van der Waals surface area contributed by atoms with E-state index in [0.717, 1.165) is 0 Å². The Kier molecular flexibility index (Phi) is 5.65. The van der Waals surface area contributed by atoms with Crippen LogP contribution in [0.15, 0.2) is 45.6 Å². The van der Waals surface area contributed by atoms with Gasteiger partial charge in [-0.25, -0.2) is 4.79 Å². The molecule has 0 unspecified atom stereocenters. The number of Topliss-reactive ketones (excluding diaryl/α,β-unsaturated/α-hetero) is 1. The Morgan fingerprint density at radius 3 is 2.61 bits per heavy atom. The van der Waals surface area contributed by atoms with Crippen molar-refractivity contribution in [2.45, 2.75) is 20.5 Å². The highest BCUT2D eigenvalue weighted by Gasteiger charge is 2.18. The Morgan fingerprint density at radius 2 is 1.89 bits per heavy atom. The van der Waals surface area contributed by atoms with Crippen LogP contribution in [0.5, 0.6) is 11.5 Å². The van der Waals surface area contributed by atoms with Gasteiger partial charge in [-0.2, -0.15) is 8.78 Å². The molecule has 28 heavy (non-hydrogen) atoms. The number of benzene rings is 2. The highest BCUT2D eigenvalue weighted by atomic mass is 35.5. The Bertz CT molecular complexity index is 1110. The third-order valence-electron chi connectivity index (χ3n) is 4.01. The molecule has 0 radical (unpaired) electrons. The summed E-state index contributed by atoms with van der Waals surface area (Å²) >= 11 is 6.19. The summed E-state index contributed by atoms with van der Waals surface area (Å²) in [6.07, 6.45) is 0. The number of alkyl halides is 2. The Balaban J connectivity index is 1.86. The number of carbonyl (C=O) groups is 1. The van der Waals surface area contributed by atoms with Gasteiger partial charge < -0.3 is 13.9 Å². The standard InChI is InChI=1S/C20H15ClF2O5/c1-10-3-4-16(28-20(22)23)13(5-10)15(24)9-26-18-8-17-12(7-14(18)21)11(2)6-19(25)27-17/h3-8,20H,9H2,1-2H3. The van der Waals surface area contributed by atoms with Gasteiger partial charge >= 0.3 is 12.2 Å². The molecule has 3 rings (SSSR count). The monoisotopic (exact) mass is 408 g/mol. The second-order valence-electron chi connectivity index (χ2n) is 6.12. The van der Waals surface area contributed by atoms with E-state index < -0.39 is 24.6 Å². The minimum Gasteiger partial charge on any atom is -0.484 e. The van der Waals surface area contributed by atoms with E-state index in [1.54, 1.807) is 26.0 Å². The normalized spacial score (nSPS) is 11.1. The Labute approximate surface area is 163 Å². The number of ketones is 1. The van der Waals surface area contributed by atoms with Crippen molar-refractivity contribution in [3.63, 3.8) is 0 Å². The zero-order valence-corrected chi connectivity index (χ0v) is 15.7. The number of ether oxygens (including phenoxy) is 2. The summed E-state index contributed by atoms with van der Waals surface area (Å²) in [5, 5.41) is 0.847. The van der Waals surface area contributed by atoms with Crippen molar-refractivity contribution in [1.82, 2.24) is 0 Å². The topological polar surface area (TPSA) is 65.7 Å². The Morgan fingerprint density at radius 1 is 1.14 bits per heavy atom. The lowest BCUT2D eigenvalue weighted by atomic mass is 10.1. The maximum absolute atomic E-state index is 12.6. The molecular weight excluding hydrogens is 394 g/mol. The molecule has 1 aromatic heterocycles. The first-order valence-corrected chi connectivity index (χ1v) is 8.58. The second-order valence-corrected chi connectivity index (χ2v) is 6.52. The average molecular weight is 409 g/mol. The van der Waals surface area contributed by atoms with E-state index in [2.05, 4.69) is 4.74 Å². The summed E-state index contributed by atoms with van der Waals surface area (Å²) in [6.45, 7) is -0.0723. The van der Waals surface area contributed by atoms with Gasteiger partial charge in [0.1, 0.15) is 17.1 Å². The highest BCUT2D eigenvalue weighted by molar-refractivity contribution is 6.32. The van der Waals surface area contributed by atoms with Crippen molar-refractivity contribution in [3.8, 4) is 11.5 Å². The van der Waals surface area contributed by atoms with Gasteiger partial charge in [-0.3, -0.25) is 4.79 Å². The van der Waals surface area contributed by atoms with Crippen molar-refractivity contribution in [1.29, 1.82) is 0 Å². The van der Waals surface area contributed by atoms with Gasteiger partial charge in [-0.15, -0.1) is 0 Å². The van der Waals surface area contributed by atoms with Gasteiger partial charge in [-0.05, 0) is 37.6 Å². The smallest absolute Gasteiger partial charge is 0.387 e. The van der Waals surface area contributed by atoms with E-state index in [0.29, 0.717) is 16.5 Å². The fourth-order valence-electron chi connectivity index (χ4n) is 2.71. The van der Waals surface area contributed by atoms with Gasteiger partial charge in [0.2, 0.25) is 5.78 Å². The van der Waals surface area contributed by atoms with Crippen LogP contribution in [0.4, 0.5) is 8.78 Å². The van der Waals surface area contributed by atoms with E-state index in [1.807, 2.05) is 0 Å². The molecule has 0 aliphatic carbocycles. The zero-order chi connectivity index (χ0) is 20.4. The fourth-order valence-corrected chi connectivity index (χ4v) is 2.93. The Hall–Kier alpha value is -2.93. The number of hydrogen-bond acceptors (Lipinski definition) is 5. The molecule has 5 nitrogen and oxygen atoms in total. The first kappa shape index (κ1) is 19.8. The van der Waals surface area contributed by atoms with Gasteiger partial charge in [0.15, 0.2) is 6.61 Å². The molecule has 8 heteroatoms. The van der Waals surface area contributed by atoms with Crippen molar-refractivity contribution in [2.75, 3.05) is 6.61 Å². The molecule has 146 valence electrons. The molecule has 0 atom stereocenters. The third kappa shape index (κ3) is 4.31. The SMILES string of the molecule is Cc1ccc(OC(F)F)c(C(=O)COc2cc3oc(=O)cc(C)c3cc2Cl)c1. The molecule has 0 fully saturated rings. The number of hydrogen-bond donors (Lipinski definition) is 0. The number of fused-ring (bicyclic) bond motifs is 1. The zero-order valence-electron chi connectivity index (χ0n) is 14.9. The molecule has 2 aromatic carbocycles. The summed E-state index contributed by atoms with van der Waals surface area (Å²) in [4.78, 5) is 24.0. The van der Waals surface area contributed by atoms with E-state index in [4.69, 9.17) is 20.8 Å². The van der Waals surface area contributed by atoms with Gasteiger partial charge in [0.25, 0.3) is 0 Å². The number of halogens is 3. The van der Waals surface area contributed by atoms with E-state index in [9.17, 15) is 18.4 Å². The molecular formula is C20H15ClF2O5. The molecule has 0 saturated heterocycles. The third-order valence-corrected chi connectivity index (χ3v) is 4.31. The number of carbonyl (C=O) groups excluding carboxylic acids is 1. The molecule has 0 aliphatic rings. The average Bonchev–Trinajstić information content (AvgIpc) is 2.61. The van der Waals surface area contributed by atoms with Crippen LogP contribution in [0.3, 0.4) is 0 Å². The first-order valence-electron chi connectivity index (χ1n) is 8.20. The minimum atomic E-state index is -3.06. The van der Waals surface area contributed by atoms with Crippen LogP contribution in [0, 0.1) is 13.8 Å². The lowest BCUT2D eigenvalue weighted by molar-refractivity contribution is -0.0501. The first-order chi connectivity index (χ1) is 13.2. The molecule has 0 aliphatic heterocycles. The molecule has 0 N–H and O–H groups in total. The van der Waals surface area contributed by atoms with Crippen molar-refractivity contribution in [2.24, 2.45) is 0 Å². The van der Waals surface area contributed by atoms with Gasteiger partial charge in [0.05, 0.1) is 10.6 Å². The maximum Gasteiger partial charge on any atom is 0.387 e. The highest BCUT2D eigenvalue weighted by Crippen LogP contribution is 2.31. The fraction of sp³-hybridized carbons (Fsp3) is 0.200. The summed E-state index contributed by atoms with van der Waals surface area (Å²) in [7, 11) is 0. The summed E-state index contributed by atoms with van der Waals surface area (Å²) in [5.41, 5.74) is 1.09. The van der Waals surface area contributed by atoms with Gasteiger partial charge in [-0.1, -0.05) is 23.2 Å². The number of rotatable bonds is 6. The van der Waals surface area contributed by atoms with Crippen LogP contribution in [0.25, 0.3) is 11.0 Å². The molecule has 1 heterocycles. The molecule has 3 aromatic rings. The lowest BCUT2D eigenvalue weighted by Gasteiger charge is -2.12.